The Balaban J connectivity index is 1.68. The second-order valence-electron chi connectivity index (χ2n) is 6.34. The first-order chi connectivity index (χ1) is 13.0. The Morgan fingerprint density at radius 1 is 1.07 bits per heavy atom. The summed E-state index contributed by atoms with van der Waals surface area (Å²) in [5, 5.41) is 0. The fraction of sp³-hybridized carbons (Fsp3) is 0.286. The number of anilines is 1. The molecule has 1 amide bonds. The molecule has 6 nitrogen and oxygen atoms in total. The Bertz CT molecular complexity index is 859. The molecule has 0 N–H and O–H groups in total. The van der Waals surface area contributed by atoms with Crippen molar-refractivity contribution >= 4 is 23.3 Å². The van der Waals surface area contributed by atoms with Crippen LogP contribution in [-0.4, -0.2) is 37.4 Å². The predicted octanol–water partition coefficient (Wildman–Crippen LogP) is 3.25. The molecule has 0 spiro atoms. The van der Waals surface area contributed by atoms with Gasteiger partial charge in [-0.25, -0.2) is 4.79 Å². The monoisotopic (exact) mass is 367 g/mol. The van der Waals surface area contributed by atoms with Crippen molar-refractivity contribution in [1.82, 2.24) is 0 Å². The molecule has 0 bridgehead atoms. The number of hydrogen-bond acceptors (Lipinski definition) is 5. The van der Waals surface area contributed by atoms with E-state index in [1.54, 1.807) is 60.5 Å². The summed E-state index contributed by atoms with van der Waals surface area (Å²) >= 11 is 0. The molecule has 1 saturated heterocycles. The van der Waals surface area contributed by atoms with E-state index in [1.807, 2.05) is 0 Å². The summed E-state index contributed by atoms with van der Waals surface area (Å²) in [6.45, 7) is 2.18. The molecule has 2 aromatic rings. The zero-order chi connectivity index (χ0) is 19.4. The Hall–Kier alpha value is -3.15. The van der Waals surface area contributed by atoms with Crippen LogP contribution in [0.2, 0.25) is 0 Å². The standard InChI is InChI=1S/C21H21NO5/c1-14(20(24)15-8-10-18(26-2)11-9-15)27-21(25)16-5-3-6-17(13-16)22-12-4-7-19(22)23/h3,5-6,8-11,13-14H,4,7,12H2,1-2H3/t14-/m0/s1. The van der Waals surface area contributed by atoms with E-state index in [-0.39, 0.29) is 11.7 Å². The van der Waals surface area contributed by atoms with Gasteiger partial charge in [-0.3, -0.25) is 9.59 Å². The normalized spacial score (nSPS) is 14.7. The molecule has 1 aliphatic heterocycles. The summed E-state index contributed by atoms with van der Waals surface area (Å²) in [6, 6.07) is 13.3. The second kappa shape index (κ2) is 8.03. The van der Waals surface area contributed by atoms with Crippen molar-refractivity contribution in [1.29, 1.82) is 0 Å². The van der Waals surface area contributed by atoms with Crippen LogP contribution in [0.5, 0.6) is 5.75 Å². The highest BCUT2D eigenvalue weighted by Gasteiger charge is 2.24. The summed E-state index contributed by atoms with van der Waals surface area (Å²) < 4.78 is 10.4. The largest absolute Gasteiger partial charge is 0.497 e. The van der Waals surface area contributed by atoms with Gasteiger partial charge < -0.3 is 14.4 Å². The van der Waals surface area contributed by atoms with Crippen LogP contribution in [0.15, 0.2) is 48.5 Å². The van der Waals surface area contributed by atoms with Gasteiger partial charge in [0, 0.05) is 24.2 Å². The van der Waals surface area contributed by atoms with Crippen molar-refractivity contribution in [3.63, 3.8) is 0 Å². The molecule has 1 fully saturated rings. The van der Waals surface area contributed by atoms with Gasteiger partial charge in [-0.15, -0.1) is 0 Å². The number of carbonyl (C=O) groups is 3. The molecular weight excluding hydrogens is 346 g/mol. The summed E-state index contributed by atoms with van der Waals surface area (Å²) in [4.78, 5) is 38.4. The van der Waals surface area contributed by atoms with Crippen molar-refractivity contribution in [3.8, 4) is 5.75 Å². The highest BCUT2D eigenvalue weighted by atomic mass is 16.5. The fourth-order valence-electron chi connectivity index (χ4n) is 2.99. The Labute approximate surface area is 157 Å². The van der Waals surface area contributed by atoms with Gasteiger partial charge in [0.1, 0.15) is 5.75 Å². The van der Waals surface area contributed by atoms with Crippen LogP contribution in [0.1, 0.15) is 40.5 Å². The number of esters is 1. The van der Waals surface area contributed by atoms with Gasteiger partial charge in [0.05, 0.1) is 12.7 Å². The van der Waals surface area contributed by atoms with Crippen molar-refractivity contribution in [3.05, 3.63) is 59.7 Å². The van der Waals surface area contributed by atoms with Crippen molar-refractivity contribution < 1.29 is 23.9 Å². The van der Waals surface area contributed by atoms with Crippen LogP contribution in [0.3, 0.4) is 0 Å². The quantitative estimate of drug-likeness (QED) is 0.579. The summed E-state index contributed by atoms with van der Waals surface area (Å²) in [5.74, 6) is -0.206. The Kier molecular flexibility index (Phi) is 5.54. The van der Waals surface area contributed by atoms with E-state index in [0.717, 1.165) is 6.42 Å². The number of amides is 1. The third-order valence-corrected chi connectivity index (χ3v) is 4.49. The lowest BCUT2D eigenvalue weighted by atomic mass is 10.1. The highest BCUT2D eigenvalue weighted by molar-refractivity contribution is 6.02. The lowest BCUT2D eigenvalue weighted by molar-refractivity contribution is -0.117. The average Bonchev–Trinajstić information content (AvgIpc) is 3.13. The molecule has 0 unspecified atom stereocenters. The lowest BCUT2D eigenvalue weighted by Gasteiger charge is -2.17. The molecule has 1 aliphatic rings. The highest BCUT2D eigenvalue weighted by Crippen LogP contribution is 2.23. The molecule has 0 aliphatic carbocycles. The molecule has 1 heterocycles. The second-order valence-corrected chi connectivity index (χ2v) is 6.34. The van der Waals surface area contributed by atoms with E-state index in [1.165, 1.54) is 6.92 Å². The molecule has 27 heavy (non-hydrogen) atoms. The molecule has 0 radical (unpaired) electrons. The summed E-state index contributed by atoms with van der Waals surface area (Å²) in [7, 11) is 1.55. The van der Waals surface area contributed by atoms with E-state index in [9.17, 15) is 14.4 Å². The van der Waals surface area contributed by atoms with E-state index < -0.39 is 12.1 Å². The summed E-state index contributed by atoms with van der Waals surface area (Å²) in [6.07, 6.45) is 0.395. The maximum Gasteiger partial charge on any atom is 0.338 e. The van der Waals surface area contributed by atoms with Gasteiger partial charge in [0.15, 0.2) is 6.10 Å². The molecule has 6 heteroatoms. The van der Waals surface area contributed by atoms with Gasteiger partial charge in [-0.05, 0) is 55.8 Å². The van der Waals surface area contributed by atoms with Gasteiger partial charge in [0.25, 0.3) is 0 Å². The van der Waals surface area contributed by atoms with Crippen LogP contribution >= 0.6 is 0 Å². The van der Waals surface area contributed by atoms with Gasteiger partial charge >= 0.3 is 5.97 Å². The first-order valence-electron chi connectivity index (χ1n) is 8.79. The number of rotatable bonds is 6. The zero-order valence-corrected chi connectivity index (χ0v) is 15.3. The third kappa shape index (κ3) is 4.16. The minimum Gasteiger partial charge on any atom is -0.497 e. The number of ketones is 1. The van der Waals surface area contributed by atoms with Crippen LogP contribution in [0, 0.1) is 0 Å². The third-order valence-electron chi connectivity index (χ3n) is 4.49. The van der Waals surface area contributed by atoms with E-state index >= 15 is 0 Å². The maximum absolute atomic E-state index is 12.5. The molecule has 1 atom stereocenters. The number of Topliss-reactive ketones (excluding diaryl/α,β-unsaturated/α-hetero) is 1. The molecule has 2 aromatic carbocycles. The number of methoxy groups -OCH3 is 1. The smallest absolute Gasteiger partial charge is 0.338 e. The van der Waals surface area contributed by atoms with Crippen LogP contribution in [-0.2, 0) is 9.53 Å². The lowest BCUT2D eigenvalue weighted by Crippen LogP contribution is -2.25. The van der Waals surface area contributed by atoms with Gasteiger partial charge in [0.2, 0.25) is 11.7 Å². The Morgan fingerprint density at radius 2 is 1.81 bits per heavy atom. The van der Waals surface area contributed by atoms with Crippen LogP contribution < -0.4 is 9.64 Å². The first-order valence-corrected chi connectivity index (χ1v) is 8.79. The molecule has 0 aromatic heterocycles. The Morgan fingerprint density at radius 3 is 2.44 bits per heavy atom. The number of carbonyl (C=O) groups excluding carboxylic acids is 3. The molecule has 3 rings (SSSR count). The van der Waals surface area contributed by atoms with Gasteiger partial charge in [-0.2, -0.15) is 0 Å². The van der Waals surface area contributed by atoms with Crippen LogP contribution in [0.4, 0.5) is 5.69 Å². The average molecular weight is 367 g/mol. The zero-order valence-electron chi connectivity index (χ0n) is 15.3. The number of ether oxygens (including phenoxy) is 2. The minimum absolute atomic E-state index is 0.0450. The SMILES string of the molecule is COc1ccc(C(=O)[C@H](C)OC(=O)c2cccc(N3CCCC3=O)c2)cc1. The fourth-order valence-corrected chi connectivity index (χ4v) is 2.99. The molecular formula is C21H21NO5. The molecule has 140 valence electrons. The predicted molar refractivity (Wildman–Crippen MR) is 100 cm³/mol. The van der Waals surface area contributed by atoms with Crippen molar-refractivity contribution in [2.45, 2.75) is 25.9 Å². The summed E-state index contributed by atoms with van der Waals surface area (Å²) in [5.41, 5.74) is 1.41. The van der Waals surface area contributed by atoms with E-state index in [2.05, 4.69) is 0 Å². The topological polar surface area (TPSA) is 72.9 Å². The van der Waals surface area contributed by atoms with E-state index in [4.69, 9.17) is 9.47 Å². The van der Waals surface area contributed by atoms with Crippen molar-refractivity contribution in [2.24, 2.45) is 0 Å². The van der Waals surface area contributed by atoms with Crippen molar-refractivity contribution in [2.75, 3.05) is 18.6 Å². The molecule has 0 saturated carbocycles. The van der Waals surface area contributed by atoms with Gasteiger partial charge in [-0.1, -0.05) is 6.07 Å². The number of nitrogens with zero attached hydrogens (tertiary/aromatic N) is 1. The maximum atomic E-state index is 12.5. The first kappa shape index (κ1) is 18.6. The number of hydrogen-bond donors (Lipinski definition) is 0. The number of benzene rings is 2. The minimum atomic E-state index is -0.928. The van der Waals surface area contributed by atoms with E-state index in [0.29, 0.717) is 35.5 Å². The van der Waals surface area contributed by atoms with Crippen LogP contribution in [0.25, 0.3) is 0 Å².